The van der Waals surface area contributed by atoms with Crippen LogP contribution < -0.4 is 9.80 Å². The molecule has 0 saturated carbocycles. The summed E-state index contributed by atoms with van der Waals surface area (Å²) in [7, 11) is 2.04. The molecule has 0 amide bonds. The summed E-state index contributed by atoms with van der Waals surface area (Å²) in [5.41, 5.74) is 1.05. The standard InChI is InChI=1S/C17H25N5OS/c1-4-23-13(2)17-20-14(11-24-17)10-21(3)15-9-16(19-12-18-15)22-7-5-6-8-22/h9,11-13H,4-8,10H2,1-3H3/t13-/m1/s1. The van der Waals surface area contributed by atoms with Crippen molar-refractivity contribution in [2.24, 2.45) is 0 Å². The molecule has 0 aromatic carbocycles. The lowest BCUT2D eigenvalue weighted by Gasteiger charge is -2.20. The topological polar surface area (TPSA) is 54.4 Å². The van der Waals surface area contributed by atoms with Crippen LogP contribution in [0, 0.1) is 0 Å². The van der Waals surface area contributed by atoms with E-state index in [0.29, 0.717) is 6.61 Å². The number of hydrogen-bond acceptors (Lipinski definition) is 7. The molecule has 7 heteroatoms. The van der Waals surface area contributed by atoms with E-state index in [0.717, 1.165) is 42.0 Å². The minimum absolute atomic E-state index is 0.0554. The molecule has 24 heavy (non-hydrogen) atoms. The molecule has 6 nitrogen and oxygen atoms in total. The zero-order valence-corrected chi connectivity index (χ0v) is 15.4. The van der Waals surface area contributed by atoms with Crippen molar-refractivity contribution in [3.8, 4) is 0 Å². The first-order valence-electron chi connectivity index (χ1n) is 8.51. The van der Waals surface area contributed by atoms with Gasteiger partial charge < -0.3 is 14.5 Å². The van der Waals surface area contributed by atoms with Crippen LogP contribution in [0.2, 0.25) is 0 Å². The average molecular weight is 347 g/mol. The lowest BCUT2D eigenvalue weighted by Crippen LogP contribution is -2.22. The van der Waals surface area contributed by atoms with Gasteiger partial charge in [0.1, 0.15) is 29.1 Å². The molecule has 2 aromatic heterocycles. The lowest BCUT2D eigenvalue weighted by molar-refractivity contribution is 0.0761. The largest absolute Gasteiger partial charge is 0.372 e. The van der Waals surface area contributed by atoms with Gasteiger partial charge in [-0.3, -0.25) is 0 Å². The van der Waals surface area contributed by atoms with Crippen LogP contribution >= 0.6 is 11.3 Å². The van der Waals surface area contributed by atoms with Crippen molar-refractivity contribution in [3.05, 3.63) is 28.5 Å². The average Bonchev–Trinajstić information content (AvgIpc) is 3.27. The first-order valence-corrected chi connectivity index (χ1v) is 9.39. The van der Waals surface area contributed by atoms with Gasteiger partial charge in [-0.15, -0.1) is 11.3 Å². The molecule has 2 aromatic rings. The second kappa shape index (κ2) is 7.90. The van der Waals surface area contributed by atoms with Gasteiger partial charge in [0.25, 0.3) is 0 Å². The van der Waals surface area contributed by atoms with E-state index in [2.05, 4.69) is 31.2 Å². The van der Waals surface area contributed by atoms with E-state index in [1.165, 1.54) is 12.8 Å². The predicted molar refractivity (Wildman–Crippen MR) is 97.7 cm³/mol. The zero-order chi connectivity index (χ0) is 16.9. The Morgan fingerprint density at radius 2 is 2.12 bits per heavy atom. The van der Waals surface area contributed by atoms with E-state index in [9.17, 15) is 0 Å². The molecule has 130 valence electrons. The summed E-state index contributed by atoms with van der Waals surface area (Å²) in [6, 6.07) is 2.07. The molecule has 3 heterocycles. The van der Waals surface area contributed by atoms with Gasteiger partial charge in [0, 0.05) is 38.2 Å². The second-order valence-electron chi connectivity index (χ2n) is 6.06. The summed E-state index contributed by atoms with van der Waals surface area (Å²) in [5.74, 6) is 1.95. The summed E-state index contributed by atoms with van der Waals surface area (Å²) in [6.07, 6.45) is 4.20. The van der Waals surface area contributed by atoms with Gasteiger partial charge in [0.15, 0.2) is 0 Å². The molecule has 3 rings (SSSR count). The zero-order valence-electron chi connectivity index (χ0n) is 14.6. The normalized spacial score (nSPS) is 15.7. The Labute approximate surface area is 147 Å². The summed E-state index contributed by atoms with van der Waals surface area (Å²) in [4.78, 5) is 18.0. The van der Waals surface area contributed by atoms with Crippen LogP contribution in [0.1, 0.15) is 43.5 Å². The van der Waals surface area contributed by atoms with Crippen LogP contribution in [0.3, 0.4) is 0 Å². The van der Waals surface area contributed by atoms with Gasteiger partial charge in [0.05, 0.1) is 12.2 Å². The van der Waals surface area contributed by atoms with Gasteiger partial charge in [0.2, 0.25) is 0 Å². The van der Waals surface area contributed by atoms with Crippen LogP contribution in [0.5, 0.6) is 0 Å². The molecular formula is C17H25N5OS. The molecular weight excluding hydrogens is 322 g/mol. The number of thiazole rings is 1. The molecule has 0 N–H and O–H groups in total. The number of anilines is 2. The highest BCUT2D eigenvalue weighted by atomic mass is 32.1. The molecule has 0 aliphatic carbocycles. The van der Waals surface area contributed by atoms with Gasteiger partial charge >= 0.3 is 0 Å². The van der Waals surface area contributed by atoms with Crippen molar-refractivity contribution < 1.29 is 4.74 Å². The number of aromatic nitrogens is 3. The Bertz CT molecular complexity index is 656. The maximum absolute atomic E-state index is 5.61. The first kappa shape index (κ1) is 17.1. The molecule has 0 spiro atoms. The molecule has 1 aliphatic rings. The van der Waals surface area contributed by atoms with Crippen molar-refractivity contribution >= 4 is 23.0 Å². The third-order valence-corrected chi connectivity index (χ3v) is 5.25. The highest BCUT2D eigenvalue weighted by Gasteiger charge is 2.16. The van der Waals surface area contributed by atoms with Crippen molar-refractivity contribution in [1.29, 1.82) is 0 Å². The molecule has 1 saturated heterocycles. The summed E-state index contributed by atoms with van der Waals surface area (Å²) in [6.45, 7) is 7.66. The fourth-order valence-electron chi connectivity index (χ4n) is 2.89. The molecule has 1 aliphatic heterocycles. The SMILES string of the molecule is CCO[C@H](C)c1nc(CN(C)c2cc(N3CCCC3)ncn2)cs1. The quantitative estimate of drug-likeness (QED) is 0.766. The van der Waals surface area contributed by atoms with Crippen molar-refractivity contribution in [2.75, 3.05) is 36.5 Å². The summed E-state index contributed by atoms with van der Waals surface area (Å²) < 4.78 is 5.61. The monoisotopic (exact) mass is 347 g/mol. The molecule has 1 fully saturated rings. The smallest absolute Gasteiger partial charge is 0.134 e. The summed E-state index contributed by atoms with van der Waals surface area (Å²) in [5, 5.41) is 3.13. The fraction of sp³-hybridized carbons (Fsp3) is 0.588. The lowest BCUT2D eigenvalue weighted by atomic mass is 10.4. The van der Waals surface area contributed by atoms with E-state index in [4.69, 9.17) is 9.72 Å². The van der Waals surface area contributed by atoms with E-state index < -0.39 is 0 Å². The van der Waals surface area contributed by atoms with Gasteiger partial charge in [-0.25, -0.2) is 15.0 Å². The predicted octanol–water partition coefficient (Wildman–Crippen LogP) is 3.27. The summed E-state index contributed by atoms with van der Waals surface area (Å²) >= 11 is 1.65. The maximum atomic E-state index is 5.61. The Kier molecular flexibility index (Phi) is 5.63. The van der Waals surface area contributed by atoms with Crippen LogP contribution in [-0.2, 0) is 11.3 Å². The molecule has 0 unspecified atom stereocenters. The highest BCUT2D eigenvalue weighted by molar-refractivity contribution is 7.09. The van der Waals surface area contributed by atoms with E-state index >= 15 is 0 Å². The van der Waals surface area contributed by atoms with Gasteiger partial charge in [-0.1, -0.05) is 0 Å². The van der Waals surface area contributed by atoms with Crippen molar-refractivity contribution in [3.63, 3.8) is 0 Å². The van der Waals surface area contributed by atoms with E-state index in [1.807, 2.05) is 20.9 Å². The Balaban J connectivity index is 1.66. The Hall–Kier alpha value is -1.73. The van der Waals surface area contributed by atoms with Gasteiger partial charge in [-0.05, 0) is 26.7 Å². The number of rotatable bonds is 7. The van der Waals surface area contributed by atoms with Crippen LogP contribution in [-0.4, -0.2) is 41.7 Å². The fourth-order valence-corrected chi connectivity index (χ4v) is 3.71. The van der Waals surface area contributed by atoms with Gasteiger partial charge in [-0.2, -0.15) is 0 Å². The first-order chi connectivity index (χ1) is 11.7. The third kappa shape index (κ3) is 4.02. The number of ether oxygens (including phenoxy) is 1. The molecule has 0 radical (unpaired) electrons. The van der Waals surface area contributed by atoms with Crippen molar-refractivity contribution in [2.45, 2.75) is 39.3 Å². The molecule has 1 atom stereocenters. The third-order valence-electron chi connectivity index (χ3n) is 4.19. The van der Waals surface area contributed by atoms with Crippen LogP contribution in [0.15, 0.2) is 17.8 Å². The highest BCUT2D eigenvalue weighted by Crippen LogP contribution is 2.24. The van der Waals surface area contributed by atoms with E-state index in [-0.39, 0.29) is 6.10 Å². The number of hydrogen-bond donors (Lipinski definition) is 0. The number of nitrogens with zero attached hydrogens (tertiary/aromatic N) is 5. The van der Waals surface area contributed by atoms with E-state index in [1.54, 1.807) is 17.7 Å². The maximum Gasteiger partial charge on any atom is 0.134 e. The Morgan fingerprint density at radius 1 is 1.33 bits per heavy atom. The van der Waals surface area contributed by atoms with Crippen LogP contribution in [0.25, 0.3) is 0 Å². The van der Waals surface area contributed by atoms with Crippen molar-refractivity contribution in [1.82, 2.24) is 15.0 Å². The second-order valence-corrected chi connectivity index (χ2v) is 6.95. The molecule has 0 bridgehead atoms. The Morgan fingerprint density at radius 3 is 2.88 bits per heavy atom. The minimum Gasteiger partial charge on any atom is -0.372 e. The minimum atomic E-state index is 0.0554. The van der Waals surface area contributed by atoms with Crippen LogP contribution in [0.4, 0.5) is 11.6 Å².